The average molecular weight is 328 g/mol. The number of carboxylic acids is 1. The second-order valence-electron chi connectivity index (χ2n) is 5.21. The molecule has 1 aliphatic rings. The monoisotopic (exact) mass is 328 g/mol. The molecule has 10 heteroatoms. The van der Waals surface area contributed by atoms with Gasteiger partial charge in [0.1, 0.15) is 18.3 Å². The van der Waals surface area contributed by atoms with Crippen LogP contribution in [0.5, 0.6) is 0 Å². The van der Waals surface area contributed by atoms with E-state index in [1.807, 2.05) is 0 Å². The van der Waals surface area contributed by atoms with E-state index in [2.05, 4.69) is 5.32 Å². The van der Waals surface area contributed by atoms with Crippen LogP contribution in [0.3, 0.4) is 0 Å². The van der Waals surface area contributed by atoms with E-state index < -0.39 is 47.2 Å². The van der Waals surface area contributed by atoms with Gasteiger partial charge in [-0.3, -0.25) is 10.1 Å². The van der Waals surface area contributed by atoms with Crippen molar-refractivity contribution in [1.29, 1.82) is 0 Å². The molecule has 1 fully saturated rings. The lowest BCUT2D eigenvalue weighted by Crippen LogP contribution is -2.58. The molecule has 2 rings (SSSR count). The maximum atomic E-state index is 11.0. The maximum Gasteiger partial charge on any atom is 0.336 e. The molecule has 0 aromatic heterocycles. The zero-order valence-corrected chi connectivity index (χ0v) is 12.0. The molecule has 1 aliphatic heterocycles. The summed E-state index contributed by atoms with van der Waals surface area (Å²) in [5.41, 5.74) is -0.747. The number of hydrogen-bond donors (Lipinski definition) is 5. The minimum atomic E-state index is -1.51. The van der Waals surface area contributed by atoms with Crippen molar-refractivity contribution < 1.29 is 34.9 Å². The number of aromatic carboxylic acids is 1. The summed E-state index contributed by atoms with van der Waals surface area (Å²) in [7, 11) is 0. The average Bonchev–Trinajstić information content (AvgIpc) is 2.50. The van der Waals surface area contributed by atoms with Gasteiger partial charge in [-0.05, 0) is 13.0 Å². The van der Waals surface area contributed by atoms with Gasteiger partial charge in [-0.2, -0.15) is 0 Å². The first-order chi connectivity index (χ1) is 10.7. The second-order valence-corrected chi connectivity index (χ2v) is 5.21. The number of ether oxygens (including phenoxy) is 1. The van der Waals surface area contributed by atoms with E-state index in [0.717, 1.165) is 18.2 Å². The molecule has 1 aromatic carbocycles. The molecule has 0 unspecified atom stereocenters. The number of hydrogen-bond acceptors (Lipinski definition) is 8. The largest absolute Gasteiger partial charge is 0.478 e. The quantitative estimate of drug-likeness (QED) is 0.363. The van der Waals surface area contributed by atoms with Gasteiger partial charge in [-0.25, -0.2) is 4.79 Å². The molecule has 126 valence electrons. The number of carbonyl (C=O) groups is 1. The number of nitro benzene ring substituents is 1. The van der Waals surface area contributed by atoms with Crippen molar-refractivity contribution in [1.82, 2.24) is 0 Å². The Balaban J connectivity index is 2.28. The van der Waals surface area contributed by atoms with Gasteiger partial charge in [-0.1, -0.05) is 0 Å². The number of aliphatic hydroxyl groups is 3. The molecule has 0 aliphatic carbocycles. The van der Waals surface area contributed by atoms with Crippen molar-refractivity contribution in [3.63, 3.8) is 0 Å². The Kier molecular flexibility index (Phi) is 4.80. The molecule has 0 radical (unpaired) electrons. The third kappa shape index (κ3) is 3.56. The van der Waals surface area contributed by atoms with Crippen LogP contribution in [0.2, 0.25) is 0 Å². The molecule has 5 N–H and O–H groups in total. The maximum absolute atomic E-state index is 11.0. The summed E-state index contributed by atoms with van der Waals surface area (Å²) in [5, 5.41) is 51.7. The van der Waals surface area contributed by atoms with Gasteiger partial charge in [0.15, 0.2) is 6.23 Å². The zero-order valence-electron chi connectivity index (χ0n) is 12.0. The van der Waals surface area contributed by atoms with Crippen LogP contribution >= 0.6 is 0 Å². The predicted molar refractivity (Wildman–Crippen MR) is 76.0 cm³/mol. The van der Waals surface area contributed by atoms with Gasteiger partial charge in [0.05, 0.1) is 16.6 Å². The minimum absolute atomic E-state index is 0.0245. The predicted octanol–water partition coefficient (Wildman–Crippen LogP) is -0.468. The first-order valence-corrected chi connectivity index (χ1v) is 6.69. The Morgan fingerprint density at radius 1 is 1.22 bits per heavy atom. The fourth-order valence-corrected chi connectivity index (χ4v) is 2.26. The number of nitrogens with one attached hydrogen (secondary N) is 1. The van der Waals surface area contributed by atoms with Crippen LogP contribution in [0.25, 0.3) is 0 Å². The highest BCUT2D eigenvalue weighted by atomic mass is 16.6. The normalized spacial score (nSPS) is 30.7. The molecular formula is C13H16N2O8. The van der Waals surface area contributed by atoms with Crippen LogP contribution in [0, 0.1) is 10.1 Å². The number of anilines is 1. The summed E-state index contributed by atoms with van der Waals surface area (Å²) in [6.45, 7) is 1.48. The van der Waals surface area contributed by atoms with E-state index in [-0.39, 0.29) is 11.3 Å². The summed E-state index contributed by atoms with van der Waals surface area (Å²) in [4.78, 5) is 21.1. The highest BCUT2D eigenvalue weighted by Gasteiger charge is 2.41. The number of aliphatic hydroxyl groups excluding tert-OH is 3. The lowest BCUT2D eigenvalue weighted by Gasteiger charge is -2.39. The van der Waals surface area contributed by atoms with Crippen molar-refractivity contribution in [3.8, 4) is 0 Å². The molecule has 0 amide bonds. The Morgan fingerprint density at radius 3 is 2.43 bits per heavy atom. The van der Waals surface area contributed by atoms with E-state index in [4.69, 9.17) is 9.84 Å². The topological polar surface area (TPSA) is 162 Å². The van der Waals surface area contributed by atoms with Gasteiger partial charge in [0.25, 0.3) is 5.69 Å². The van der Waals surface area contributed by atoms with Gasteiger partial charge >= 0.3 is 5.97 Å². The van der Waals surface area contributed by atoms with Gasteiger partial charge in [-0.15, -0.1) is 0 Å². The van der Waals surface area contributed by atoms with Gasteiger partial charge < -0.3 is 30.5 Å². The highest BCUT2D eigenvalue weighted by Crippen LogP contribution is 2.26. The number of nitrogens with zero attached hydrogens (tertiary/aromatic N) is 1. The molecule has 0 bridgehead atoms. The van der Waals surface area contributed by atoms with Crippen molar-refractivity contribution in [2.75, 3.05) is 5.32 Å². The molecule has 10 nitrogen and oxygen atoms in total. The van der Waals surface area contributed by atoms with E-state index in [1.54, 1.807) is 0 Å². The number of non-ortho nitro benzene ring substituents is 1. The second kappa shape index (κ2) is 6.46. The summed E-state index contributed by atoms with van der Waals surface area (Å²) >= 11 is 0. The zero-order chi connectivity index (χ0) is 17.3. The van der Waals surface area contributed by atoms with Crippen LogP contribution in [0.1, 0.15) is 17.3 Å². The first kappa shape index (κ1) is 17.1. The summed E-state index contributed by atoms with van der Waals surface area (Å²) in [6.07, 6.45) is -6.25. The Bertz CT molecular complexity index is 590. The fraction of sp³-hybridized carbons (Fsp3) is 0.462. The lowest BCUT2D eigenvalue weighted by molar-refractivity contribution is -0.384. The van der Waals surface area contributed by atoms with Crippen molar-refractivity contribution in [2.45, 2.75) is 37.6 Å². The third-order valence-electron chi connectivity index (χ3n) is 3.54. The SMILES string of the molecule is C[C@H]1O[C@@H](Nc2cc(C(=O)O)cc([N+](=O)[O-])c2)[C@@H](O)[C@@H](O)[C@@H]1O. The van der Waals surface area contributed by atoms with Crippen molar-refractivity contribution >= 4 is 17.3 Å². The molecule has 5 atom stereocenters. The Labute approximate surface area is 130 Å². The minimum Gasteiger partial charge on any atom is -0.478 e. The number of carboxylic acid groups (broad SMARTS) is 1. The van der Waals surface area contributed by atoms with Crippen molar-refractivity contribution in [3.05, 3.63) is 33.9 Å². The Hall–Kier alpha value is -2.27. The van der Waals surface area contributed by atoms with E-state index >= 15 is 0 Å². The third-order valence-corrected chi connectivity index (χ3v) is 3.54. The number of rotatable bonds is 4. The van der Waals surface area contributed by atoms with Gasteiger partial charge in [0.2, 0.25) is 0 Å². The molecule has 0 spiro atoms. The fourth-order valence-electron chi connectivity index (χ4n) is 2.26. The van der Waals surface area contributed by atoms with Crippen LogP contribution in [-0.4, -0.2) is 62.0 Å². The van der Waals surface area contributed by atoms with Gasteiger partial charge in [0, 0.05) is 17.8 Å². The number of benzene rings is 1. The highest BCUT2D eigenvalue weighted by molar-refractivity contribution is 5.90. The van der Waals surface area contributed by atoms with Crippen molar-refractivity contribution in [2.24, 2.45) is 0 Å². The molecule has 1 aromatic rings. The van der Waals surface area contributed by atoms with E-state index in [0.29, 0.717) is 0 Å². The first-order valence-electron chi connectivity index (χ1n) is 6.69. The molecule has 0 saturated carbocycles. The van der Waals surface area contributed by atoms with E-state index in [1.165, 1.54) is 6.92 Å². The molecular weight excluding hydrogens is 312 g/mol. The van der Waals surface area contributed by atoms with Crippen LogP contribution < -0.4 is 5.32 Å². The molecule has 23 heavy (non-hydrogen) atoms. The lowest BCUT2D eigenvalue weighted by atomic mass is 9.99. The molecule has 1 saturated heterocycles. The summed E-state index contributed by atoms with van der Waals surface area (Å²) < 4.78 is 5.30. The summed E-state index contributed by atoms with van der Waals surface area (Å²) in [6, 6.07) is 3.10. The molecule has 1 heterocycles. The number of nitro groups is 1. The summed E-state index contributed by atoms with van der Waals surface area (Å²) in [5.74, 6) is -1.36. The van der Waals surface area contributed by atoms with Crippen LogP contribution in [0.4, 0.5) is 11.4 Å². The smallest absolute Gasteiger partial charge is 0.336 e. The Morgan fingerprint density at radius 2 is 1.87 bits per heavy atom. The van der Waals surface area contributed by atoms with Crippen LogP contribution in [0.15, 0.2) is 18.2 Å². The van der Waals surface area contributed by atoms with E-state index in [9.17, 15) is 30.2 Å². The standard InChI is InChI=1S/C13H16N2O8/c1-5-9(16)10(17)11(18)12(23-5)14-7-2-6(13(19)20)3-8(4-7)15(21)22/h2-5,9-12,14,16-18H,1H3,(H,19,20)/t5-,9-,10+,11+,12-/m1/s1. The van der Waals surface area contributed by atoms with Crippen LogP contribution in [-0.2, 0) is 4.74 Å².